The Labute approximate surface area is 107 Å². The van der Waals surface area contributed by atoms with E-state index in [4.69, 9.17) is 5.73 Å². The summed E-state index contributed by atoms with van der Waals surface area (Å²) in [6.07, 6.45) is 4.43. The van der Waals surface area contributed by atoms with Crippen LogP contribution in [0.25, 0.3) is 0 Å². The lowest BCUT2D eigenvalue weighted by Crippen LogP contribution is -2.44. The van der Waals surface area contributed by atoms with Gasteiger partial charge in [-0.25, -0.2) is 0 Å². The van der Waals surface area contributed by atoms with Crippen LogP contribution in [0.15, 0.2) is 18.3 Å². The number of hydrogen-bond donors (Lipinski definition) is 3. The first-order valence-corrected chi connectivity index (χ1v) is 6.39. The lowest BCUT2D eigenvalue weighted by atomic mass is 9.78. The molecule has 2 rings (SSSR count). The third-order valence-electron chi connectivity index (χ3n) is 3.92. The number of nitrogens with two attached hydrogens (primary N) is 1. The summed E-state index contributed by atoms with van der Waals surface area (Å²) in [6, 6.07) is 3.74. The van der Waals surface area contributed by atoms with Gasteiger partial charge in [0.2, 0.25) is 5.91 Å². The van der Waals surface area contributed by atoms with Crippen LogP contribution in [0.5, 0.6) is 0 Å². The largest absolute Gasteiger partial charge is 0.389 e. The van der Waals surface area contributed by atoms with Crippen LogP contribution in [0.2, 0.25) is 0 Å². The normalized spacial score (nSPS) is 28.1. The highest BCUT2D eigenvalue weighted by molar-refractivity contribution is 5.93. The molecular formula is C13H21N3O2. The van der Waals surface area contributed by atoms with Crippen molar-refractivity contribution in [1.82, 2.24) is 4.98 Å². The minimum atomic E-state index is -0.762. The van der Waals surface area contributed by atoms with Gasteiger partial charge in [0, 0.05) is 25.7 Å². The van der Waals surface area contributed by atoms with E-state index in [2.05, 4.69) is 4.98 Å². The van der Waals surface area contributed by atoms with E-state index in [0.717, 1.165) is 5.82 Å². The van der Waals surface area contributed by atoms with Crippen LogP contribution in [-0.4, -0.2) is 35.2 Å². The fourth-order valence-corrected chi connectivity index (χ4v) is 2.53. The molecule has 4 N–H and O–H groups in total. The number of aromatic nitrogens is 1. The molecule has 1 aromatic heterocycles. The van der Waals surface area contributed by atoms with E-state index in [1.807, 2.05) is 12.1 Å². The summed E-state index contributed by atoms with van der Waals surface area (Å²) in [5, 5.41) is 10.0. The smallest absolute Gasteiger partial charge is 0.230 e. The van der Waals surface area contributed by atoms with Crippen molar-refractivity contribution >= 4 is 11.7 Å². The lowest BCUT2D eigenvalue weighted by molar-refractivity contribution is -0.124. The first-order valence-electron chi connectivity index (χ1n) is 6.39. The molecular weight excluding hydrogens is 230 g/mol. The second-order valence-corrected chi connectivity index (χ2v) is 5.16. The van der Waals surface area contributed by atoms with Crippen molar-refractivity contribution in [3.8, 4) is 0 Å². The standard InChI is InChI=1S/C13H21N3O2/c1-16(11-3-2-8-15-11)12(17)10-4-6-13(18,9-14)7-5-10/h2-3,8,10,15,18H,4-7,9,14H2,1H3. The van der Waals surface area contributed by atoms with Crippen molar-refractivity contribution in [2.24, 2.45) is 11.7 Å². The van der Waals surface area contributed by atoms with Crippen LogP contribution >= 0.6 is 0 Å². The highest BCUT2D eigenvalue weighted by Crippen LogP contribution is 2.32. The molecule has 18 heavy (non-hydrogen) atoms. The maximum Gasteiger partial charge on any atom is 0.230 e. The molecule has 1 aromatic rings. The Morgan fingerprint density at radius 1 is 1.61 bits per heavy atom. The third-order valence-corrected chi connectivity index (χ3v) is 3.92. The van der Waals surface area contributed by atoms with Crippen LogP contribution in [0.4, 0.5) is 5.82 Å². The monoisotopic (exact) mass is 251 g/mol. The number of H-pyrrole nitrogens is 1. The van der Waals surface area contributed by atoms with E-state index in [9.17, 15) is 9.90 Å². The van der Waals surface area contributed by atoms with Gasteiger partial charge in [0.15, 0.2) is 0 Å². The van der Waals surface area contributed by atoms with Crippen LogP contribution in [-0.2, 0) is 4.79 Å². The van der Waals surface area contributed by atoms with Crippen LogP contribution < -0.4 is 10.6 Å². The second-order valence-electron chi connectivity index (χ2n) is 5.16. The number of carbonyl (C=O) groups is 1. The molecule has 0 bridgehead atoms. The number of aromatic amines is 1. The van der Waals surface area contributed by atoms with Gasteiger partial charge >= 0.3 is 0 Å². The molecule has 0 aromatic carbocycles. The van der Waals surface area contributed by atoms with Gasteiger partial charge in [-0.15, -0.1) is 0 Å². The van der Waals surface area contributed by atoms with E-state index in [1.165, 1.54) is 0 Å². The molecule has 1 heterocycles. The van der Waals surface area contributed by atoms with Crippen molar-refractivity contribution in [2.75, 3.05) is 18.5 Å². The lowest BCUT2D eigenvalue weighted by Gasteiger charge is -2.35. The van der Waals surface area contributed by atoms with E-state index in [-0.39, 0.29) is 18.4 Å². The quantitative estimate of drug-likeness (QED) is 0.745. The molecule has 0 atom stereocenters. The summed E-state index contributed by atoms with van der Waals surface area (Å²) in [6.45, 7) is 0.278. The first kappa shape index (κ1) is 13.1. The number of amides is 1. The highest BCUT2D eigenvalue weighted by atomic mass is 16.3. The average Bonchev–Trinajstić information content (AvgIpc) is 2.92. The van der Waals surface area contributed by atoms with Gasteiger partial charge in [0.25, 0.3) is 0 Å². The Bertz CT molecular complexity index is 394. The molecule has 1 saturated carbocycles. The summed E-state index contributed by atoms with van der Waals surface area (Å²) >= 11 is 0. The minimum Gasteiger partial charge on any atom is -0.389 e. The van der Waals surface area contributed by atoms with Crippen molar-refractivity contribution < 1.29 is 9.90 Å². The zero-order valence-electron chi connectivity index (χ0n) is 10.7. The highest BCUT2D eigenvalue weighted by Gasteiger charge is 2.35. The summed E-state index contributed by atoms with van der Waals surface area (Å²) < 4.78 is 0. The molecule has 1 aliphatic carbocycles. The molecule has 100 valence electrons. The molecule has 0 aliphatic heterocycles. The van der Waals surface area contributed by atoms with Gasteiger partial charge in [-0.3, -0.25) is 4.79 Å². The van der Waals surface area contributed by atoms with Gasteiger partial charge in [0.1, 0.15) is 5.82 Å². The fourth-order valence-electron chi connectivity index (χ4n) is 2.53. The van der Waals surface area contributed by atoms with Crippen molar-refractivity contribution in [1.29, 1.82) is 0 Å². The van der Waals surface area contributed by atoms with Gasteiger partial charge in [-0.05, 0) is 37.8 Å². The molecule has 0 spiro atoms. The van der Waals surface area contributed by atoms with Crippen molar-refractivity contribution in [3.05, 3.63) is 18.3 Å². The first-order chi connectivity index (χ1) is 8.56. The molecule has 0 unspecified atom stereocenters. The SMILES string of the molecule is CN(C(=O)C1CCC(O)(CN)CC1)c1ccc[nH]1. The number of rotatable bonds is 3. The van der Waals surface area contributed by atoms with Crippen LogP contribution in [0.1, 0.15) is 25.7 Å². The summed E-state index contributed by atoms with van der Waals surface area (Å²) in [5.41, 5.74) is 4.78. The van der Waals surface area contributed by atoms with Crippen molar-refractivity contribution in [3.63, 3.8) is 0 Å². The van der Waals surface area contributed by atoms with Gasteiger partial charge in [0.05, 0.1) is 5.60 Å². The number of aliphatic hydroxyl groups is 1. The van der Waals surface area contributed by atoms with E-state index in [0.29, 0.717) is 25.7 Å². The Morgan fingerprint density at radius 3 is 2.78 bits per heavy atom. The molecule has 5 heteroatoms. The molecule has 0 saturated heterocycles. The van der Waals surface area contributed by atoms with E-state index in [1.54, 1.807) is 18.1 Å². The second kappa shape index (κ2) is 5.12. The van der Waals surface area contributed by atoms with Crippen LogP contribution in [0, 0.1) is 5.92 Å². The molecule has 5 nitrogen and oxygen atoms in total. The number of nitrogens with zero attached hydrogens (tertiary/aromatic N) is 1. The summed E-state index contributed by atoms with van der Waals surface area (Å²) in [4.78, 5) is 17.0. The molecule has 1 fully saturated rings. The maximum atomic E-state index is 12.3. The Kier molecular flexibility index (Phi) is 3.73. The summed E-state index contributed by atoms with van der Waals surface area (Å²) in [5.74, 6) is 0.904. The zero-order chi connectivity index (χ0) is 13.2. The molecule has 1 aliphatic rings. The summed E-state index contributed by atoms with van der Waals surface area (Å²) in [7, 11) is 1.78. The van der Waals surface area contributed by atoms with Crippen molar-refractivity contribution in [2.45, 2.75) is 31.3 Å². The topological polar surface area (TPSA) is 82.3 Å². The fraction of sp³-hybridized carbons (Fsp3) is 0.615. The van der Waals surface area contributed by atoms with E-state index < -0.39 is 5.60 Å². The Hall–Kier alpha value is -1.33. The number of carbonyl (C=O) groups excluding carboxylic acids is 1. The predicted octanol–water partition coefficient (Wildman–Crippen LogP) is 0.857. The maximum absolute atomic E-state index is 12.3. The van der Waals surface area contributed by atoms with E-state index >= 15 is 0 Å². The Morgan fingerprint density at radius 2 is 2.28 bits per heavy atom. The Balaban J connectivity index is 1.96. The third kappa shape index (κ3) is 2.57. The predicted molar refractivity (Wildman–Crippen MR) is 70.2 cm³/mol. The van der Waals surface area contributed by atoms with Gasteiger partial charge in [-0.2, -0.15) is 0 Å². The molecule has 0 radical (unpaired) electrons. The molecule has 1 amide bonds. The number of anilines is 1. The number of hydrogen-bond acceptors (Lipinski definition) is 3. The van der Waals surface area contributed by atoms with Gasteiger partial charge in [-0.1, -0.05) is 0 Å². The zero-order valence-corrected chi connectivity index (χ0v) is 10.7. The van der Waals surface area contributed by atoms with Gasteiger partial charge < -0.3 is 20.7 Å². The minimum absolute atomic E-state index is 0.00914. The van der Waals surface area contributed by atoms with Crippen LogP contribution in [0.3, 0.4) is 0 Å². The average molecular weight is 251 g/mol. The number of nitrogens with one attached hydrogen (secondary N) is 1.